The highest BCUT2D eigenvalue weighted by Gasteiger charge is 2.24. The van der Waals surface area contributed by atoms with Gasteiger partial charge in [-0.25, -0.2) is 4.79 Å². The lowest BCUT2D eigenvalue weighted by atomic mass is 10.0. The molecule has 0 bridgehead atoms. The van der Waals surface area contributed by atoms with Crippen LogP contribution < -0.4 is 5.32 Å². The lowest BCUT2D eigenvalue weighted by Gasteiger charge is -2.23. The van der Waals surface area contributed by atoms with Gasteiger partial charge < -0.3 is 15.1 Å². The summed E-state index contributed by atoms with van der Waals surface area (Å²) in [6, 6.07) is 6.93. The summed E-state index contributed by atoms with van der Waals surface area (Å²) in [5.74, 6) is 0.594. The number of carbonyl (C=O) groups is 2. The van der Waals surface area contributed by atoms with Crippen LogP contribution >= 0.6 is 11.6 Å². The molecular formula is C19H24ClN3O2. The van der Waals surface area contributed by atoms with Gasteiger partial charge in [-0.15, -0.1) is 0 Å². The Balaban J connectivity index is 1.50. The predicted molar refractivity (Wildman–Crippen MR) is 99.7 cm³/mol. The van der Waals surface area contributed by atoms with Gasteiger partial charge in [0.25, 0.3) is 0 Å². The molecule has 1 aliphatic carbocycles. The SMILES string of the molecule is O=C(CC1C=CCC1)N1CCCN(C(=O)Nc2ccc(Cl)cc2)CC1. The van der Waals surface area contributed by atoms with Crippen molar-refractivity contribution in [2.75, 3.05) is 31.5 Å². The molecule has 5 nitrogen and oxygen atoms in total. The van der Waals surface area contributed by atoms with Gasteiger partial charge in [0.1, 0.15) is 0 Å². The zero-order valence-electron chi connectivity index (χ0n) is 14.3. The van der Waals surface area contributed by atoms with Gasteiger partial charge in [-0.1, -0.05) is 23.8 Å². The van der Waals surface area contributed by atoms with Crippen molar-refractivity contribution in [2.24, 2.45) is 5.92 Å². The maximum absolute atomic E-state index is 12.5. The van der Waals surface area contributed by atoms with E-state index in [9.17, 15) is 9.59 Å². The standard InChI is InChI=1S/C19H24ClN3O2/c20-16-6-8-17(9-7-16)21-19(25)23-11-3-10-22(12-13-23)18(24)14-15-4-1-2-5-15/h1,4,6-9,15H,2-3,5,10-14H2,(H,21,25). The Labute approximate surface area is 153 Å². The lowest BCUT2D eigenvalue weighted by Crippen LogP contribution is -2.39. The number of allylic oxidation sites excluding steroid dienone is 2. The highest BCUT2D eigenvalue weighted by atomic mass is 35.5. The van der Waals surface area contributed by atoms with E-state index in [4.69, 9.17) is 11.6 Å². The molecule has 2 aliphatic rings. The Bertz CT molecular complexity index is 645. The summed E-state index contributed by atoms with van der Waals surface area (Å²) in [4.78, 5) is 28.6. The summed E-state index contributed by atoms with van der Waals surface area (Å²) in [6.07, 6.45) is 7.87. The quantitative estimate of drug-likeness (QED) is 0.833. The number of amides is 3. The number of anilines is 1. The van der Waals surface area contributed by atoms with Crippen molar-refractivity contribution in [1.29, 1.82) is 0 Å². The summed E-state index contributed by atoms with van der Waals surface area (Å²) in [5, 5.41) is 3.52. The number of hydrogen-bond donors (Lipinski definition) is 1. The molecule has 0 spiro atoms. The van der Waals surface area contributed by atoms with Crippen molar-refractivity contribution in [3.05, 3.63) is 41.4 Å². The van der Waals surface area contributed by atoms with E-state index >= 15 is 0 Å². The molecule has 1 aliphatic heterocycles. The second-order valence-electron chi connectivity index (χ2n) is 6.63. The minimum absolute atomic E-state index is 0.129. The zero-order chi connectivity index (χ0) is 17.6. The first-order valence-electron chi connectivity index (χ1n) is 8.88. The van der Waals surface area contributed by atoms with E-state index in [1.54, 1.807) is 29.2 Å². The van der Waals surface area contributed by atoms with Crippen LogP contribution in [0, 0.1) is 5.92 Å². The number of carbonyl (C=O) groups excluding carboxylic acids is 2. The molecular weight excluding hydrogens is 338 g/mol. The van der Waals surface area contributed by atoms with Gasteiger partial charge in [-0.05, 0) is 49.4 Å². The molecule has 1 saturated heterocycles. The highest BCUT2D eigenvalue weighted by Crippen LogP contribution is 2.21. The molecule has 3 amide bonds. The number of hydrogen-bond acceptors (Lipinski definition) is 2. The first-order valence-corrected chi connectivity index (χ1v) is 9.25. The highest BCUT2D eigenvalue weighted by molar-refractivity contribution is 6.30. The molecule has 1 unspecified atom stereocenters. The average Bonchev–Trinajstić information content (AvgIpc) is 2.98. The molecule has 3 rings (SSSR count). The molecule has 0 aromatic heterocycles. The molecule has 1 atom stereocenters. The first kappa shape index (κ1) is 17.8. The topological polar surface area (TPSA) is 52.7 Å². The maximum Gasteiger partial charge on any atom is 0.321 e. The van der Waals surface area contributed by atoms with E-state index in [-0.39, 0.29) is 11.9 Å². The van der Waals surface area contributed by atoms with Crippen LogP contribution in [0.1, 0.15) is 25.7 Å². The van der Waals surface area contributed by atoms with Crippen molar-refractivity contribution in [3.63, 3.8) is 0 Å². The van der Waals surface area contributed by atoms with E-state index in [2.05, 4.69) is 17.5 Å². The van der Waals surface area contributed by atoms with Crippen molar-refractivity contribution in [3.8, 4) is 0 Å². The van der Waals surface area contributed by atoms with Crippen molar-refractivity contribution < 1.29 is 9.59 Å². The summed E-state index contributed by atoms with van der Waals surface area (Å²) < 4.78 is 0. The Kier molecular flexibility index (Phi) is 5.97. The normalized spacial score (nSPS) is 20.4. The van der Waals surface area contributed by atoms with Gasteiger partial charge in [0.05, 0.1) is 0 Å². The number of rotatable bonds is 3. The third-order valence-electron chi connectivity index (χ3n) is 4.78. The number of nitrogens with one attached hydrogen (secondary N) is 1. The molecule has 1 heterocycles. The van der Waals surface area contributed by atoms with E-state index in [1.807, 2.05) is 4.90 Å². The van der Waals surface area contributed by atoms with E-state index < -0.39 is 0 Å². The second kappa shape index (κ2) is 8.39. The van der Waals surface area contributed by atoms with E-state index in [1.165, 1.54) is 0 Å². The third kappa shape index (κ3) is 4.98. The second-order valence-corrected chi connectivity index (χ2v) is 7.06. The monoisotopic (exact) mass is 361 g/mol. The molecule has 1 fully saturated rings. The molecule has 0 saturated carbocycles. The van der Waals surface area contributed by atoms with Crippen molar-refractivity contribution in [1.82, 2.24) is 9.80 Å². The number of urea groups is 1. The summed E-state index contributed by atoms with van der Waals surface area (Å²) in [7, 11) is 0. The van der Waals surface area contributed by atoms with Crippen LogP contribution in [-0.4, -0.2) is 47.9 Å². The fourth-order valence-corrected chi connectivity index (χ4v) is 3.45. The Morgan fingerprint density at radius 1 is 1.08 bits per heavy atom. The minimum Gasteiger partial charge on any atom is -0.341 e. The zero-order valence-corrected chi connectivity index (χ0v) is 15.0. The Morgan fingerprint density at radius 3 is 2.52 bits per heavy atom. The average molecular weight is 362 g/mol. The van der Waals surface area contributed by atoms with Gasteiger partial charge in [-0.3, -0.25) is 4.79 Å². The van der Waals surface area contributed by atoms with Crippen LogP contribution in [0.5, 0.6) is 0 Å². The number of halogens is 1. The number of nitrogens with zero attached hydrogens (tertiary/aromatic N) is 2. The molecule has 6 heteroatoms. The Hall–Kier alpha value is -2.01. The van der Waals surface area contributed by atoms with Gasteiger partial charge in [0.2, 0.25) is 5.91 Å². The largest absolute Gasteiger partial charge is 0.341 e. The minimum atomic E-state index is -0.129. The van der Waals surface area contributed by atoms with E-state index in [0.717, 1.165) is 31.5 Å². The van der Waals surface area contributed by atoms with Gasteiger partial charge >= 0.3 is 6.03 Å². The molecule has 1 aromatic rings. The summed E-state index contributed by atoms with van der Waals surface area (Å²) in [6.45, 7) is 2.54. The summed E-state index contributed by atoms with van der Waals surface area (Å²) in [5.41, 5.74) is 0.722. The fraction of sp³-hybridized carbons (Fsp3) is 0.474. The van der Waals surface area contributed by atoms with Crippen LogP contribution in [0.2, 0.25) is 5.02 Å². The van der Waals surface area contributed by atoms with Crippen molar-refractivity contribution >= 4 is 29.2 Å². The van der Waals surface area contributed by atoms with Crippen LogP contribution in [-0.2, 0) is 4.79 Å². The number of benzene rings is 1. The van der Waals surface area contributed by atoms with Crippen LogP contribution in [0.25, 0.3) is 0 Å². The molecule has 1 aromatic carbocycles. The molecule has 134 valence electrons. The molecule has 1 N–H and O–H groups in total. The van der Waals surface area contributed by atoms with Crippen LogP contribution in [0.4, 0.5) is 10.5 Å². The summed E-state index contributed by atoms with van der Waals surface area (Å²) >= 11 is 5.86. The van der Waals surface area contributed by atoms with Crippen LogP contribution in [0.15, 0.2) is 36.4 Å². The molecule has 25 heavy (non-hydrogen) atoms. The fourth-order valence-electron chi connectivity index (χ4n) is 3.32. The van der Waals surface area contributed by atoms with Gasteiger partial charge in [0, 0.05) is 43.3 Å². The third-order valence-corrected chi connectivity index (χ3v) is 5.03. The first-order chi connectivity index (χ1) is 12.1. The maximum atomic E-state index is 12.5. The van der Waals surface area contributed by atoms with E-state index in [0.29, 0.717) is 37.0 Å². The molecule has 0 radical (unpaired) electrons. The predicted octanol–water partition coefficient (Wildman–Crippen LogP) is 3.76. The lowest BCUT2D eigenvalue weighted by molar-refractivity contribution is -0.131. The van der Waals surface area contributed by atoms with Crippen LogP contribution in [0.3, 0.4) is 0 Å². The van der Waals surface area contributed by atoms with Gasteiger partial charge in [-0.2, -0.15) is 0 Å². The van der Waals surface area contributed by atoms with Gasteiger partial charge in [0.15, 0.2) is 0 Å². The van der Waals surface area contributed by atoms with Crippen molar-refractivity contribution in [2.45, 2.75) is 25.7 Å². The smallest absolute Gasteiger partial charge is 0.321 e. The Morgan fingerprint density at radius 2 is 1.80 bits per heavy atom.